The summed E-state index contributed by atoms with van der Waals surface area (Å²) in [5.74, 6) is -0.581. The number of fused-ring (bicyclic) bond motifs is 1. The van der Waals surface area contributed by atoms with Crippen LogP contribution in [0.15, 0.2) is 63.7 Å². The Labute approximate surface area is 172 Å². The van der Waals surface area contributed by atoms with Crippen molar-refractivity contribution in [1.29, 1.82) is 0 Å². The predicted octanol–water partition coefficient (Wildman–Crippen LogP) is 3.78. The van der Waals surface area contributed by atoms with Gasteiger partial charge in [-0.3, -0.25) is 4.79 Å². The molecule has 0 N–H and O–H groups in total. The van der Waals surface area contributed by atoms with E-state index in [0.717, 1.165) is 0 Å². The third-order valence-corrected chi connectivity index (χ3v) is 4.60. The molecule has 1 amide bonds. The second-order valence-electron chi connectivity index (χ2n) is 6.91. The van der Waals surface area contributed by atoms with Gasteiger partial charge in [-0.2, -0.15) is 0 Å². The van der Waals surface area contributed by atoms with E-state index in [4.69, 9.17) is 13.7 Å². The third kappa shape index (κ3) is 3.55. The number of amides is 1. The van der Waals surface area contributed by atoms with Crippen LogP contribution in [0, 0.1) is 6.92 Å². The number of likely N-dealkylation sites (N-methyl/N-ethyl adjacent to an activating group) is 1. The van der Waals surface area contributed by atoms with Crippen molar-refractivity contribution in [1.82, 2.24) is 15.0 Å². The molecular formula is C22H19N3O5. The predicted molar refractivity (Wildman–Crippen MR) is 108 cm³/mol. The first-order valence-electron chi connectivity index (χ1n) is 9.23. The Morgan fingerprint density at radius 1 is 1.10 bits per heavy atom. The maximum absolute atomic E-state index is 13.2. The normalized spacial score (nSPS) is 12.0. The van der Waals surface area contributed by atoms with Crippen molar-refractivity contribution in [3.8, 4) is 11.5 Å². The highest BCUT2D eigenvalue weighted by atomic mass is 16.5. The number of furan rings is 1. The number of carbonyl (C=O) groups excluding carboxylic acids is 2. The third-order valence-electron chi connectivity index (χ3n) is 4.60. The zero-order valence-corrected chi connectivity index (χ0v) is 16.7. The first-order valence-corrected chi connectivity index (χ1v) is 9.23. The molecule has 0 spiro atoms. The standard InChI is InChI=1S/C22H19N3O5/c1-13-18-15(12-16(17-10-7-11-28-17)23-20(18)30-24-13)22(27)29-19(21(26)25(2)3)14-8-5-4-6-9-14/h4-12,19H,1-3H3/t19-/m0/s1. The van der Waals surface area contributed by atoms with Gasteiger partial charge in [0.1, 0.15) is 5.69 Å². The molecule has 0 aliphatic heterocycles. The Bertz CT molecular complexity index is 1200. The molecule has 0 aliphatic rings. The number of rotatable bonds is 5. The lowest BCUT2D eigenvalue weighted by atomic mass is 10.1. The van der Waals surface area contributed by atoms with Crippen molar-refractivity contribution in [3.05, 3.63) is 71.6 Å². The van der Waals surface area contributed by atoms with E-state index in [-0.39, 0.29) is 17.2 Å². The lowest BCUT2D eigenvalue weighted by molar-refractivity contribution is -0.138. The Hall–Kier alpha value is -3.94. The van der Waals surface area contributed by atoms with Crippen LogP contribution in [0.4, 0.5) is 0 Å². The summed E-state index contributed by atoms with van der Waals surface area (Å²) < 4.78 is 16.4. The highest BCUT2D eigenvalue weighted by Gasteiger charge is 2.29. The van der Waals surface area contributed by atoms with Crippen LogP contribution in [0.1, 0.15) is 27.7 Å². The number of pyridine rings is 1. The molecule has 1 aromatic carbocycles. The molecule has 0 aliphatic carbocycles. The number of aryl methyl sites for hydroxylation is 1. The Balaban J connectivity index is 1.78. The molecule has 30 heavy (non-hydrogen) atoms. The van der Waals surface area contributed by atoms with Crippen molar-refractivity contribution in [2.24, 2.45) is 0 Å². The van der Waals surface area contributed by atoms with Gasteiger partial charge in [0.05, 0.1) is 22.9 Å². The maximum atomic E-state index is 13.2. The van der Waals surface area contributed by atoms with Crippen LogP contribution in [0.2, 0.25) is 0 Å². The molecule has 1 atom stereocenters. The molecule has 4 rings (SSSR count). The Kier molecular flexibility index (Phi) is 5.05. The van der Waals surface area contributed by atoms with E-state index in [1.807, 2.05) is 6.07 Å². The molecule has 152 valence electrons. The monoisotopic (exact) mass is 405 g/mol. The lowest BCUT2D eigenvalue weighted by Crippen LogP contribution is -2.31. The molecule has 0 bridgehead atoms. The molecule has 3 heterocycles. The van der Waals surface area contributed by atoms with Gasteiger partial charge in [0.15, 0.2) is 5.76 Å². The van der Waals surface area contributed by atoms with Gasteiger partial charge in [-0.1, -0.05) is 35.5 Å². The van der Waals surface area contributed by atoms with Crippen LogP contribution in [0.25, 0.3) is 22.6 Å². The average molecular weight is 405 g/mol. The fraction of sp³-hybridized carbons (Fsp3) is 0.182. The topological polar surface area (TPSA) is 98.7 Å². The van der Waals surface area contributed by atoms with Gasteiger partial charge in [0, 0.05) is 19.7 Å². The number of hydrogen-bond acceptors (Lipinski definition) is 7. The molecule has 8 heteroatoms. The van der Waals surface area contributed by atoms with Gasteiger partial charge in [0.2, 0.25) is 6.10 Å². The number of esters is 1. The summed E-state index contributed by atoms with van der Waals surface area (Å²) in [6.45, 7) is 1.70. The summed E-state index contributed by atoms with van der Waals surface area (Å²) in [6.07, 6.45) is 0.413. The molecule has 0 unspecified atom stereocenters. The first kappa shape index (κ1) is 19.4. The number of nitrogens with zero attached hydrogens (tertiary/aromatic N) is 3. The largest absolute Gasteiger partial charge is 0.463 e. The summed E-state index contributed by atoms with van der Waals surface area (Å²) in [7, 11) is 3.21. The van der Waals surface area contributed by atoms with Crippen molar-refractivity contribution in [2.75, 3.05) is 14.1 Å². The van der Waals surface area contributed by atoms with E-state index in [9.17, 15) is 9.59 Å². The highest BCUT2D eigenvalue weighted by Crippen LogP contribution is 2.29. The van der Waals surface area contributed by atoms with Crippen molar-refractivity contribution in [3.63, 3.8) is 0 Å². The van der Waals surface area contributed by atoms with Gasteiger partial charge in [-0.15, -0.1) is 0 Å². The van der Waals surface area contributed by atoms with Crippen LogP contribution in [-0.2, 0) is 9.53 Å². The van der Waals surface area contributed by atoms with Crippen LogP contribution in [0.3, 0.4) is 0 Å². The van der Waals surface area contributed by atoms with E-state index in [2.05, 4.69) is 10.1 Å². The molecule has 8 nitrogen and oxygen atoms in total. The van der Waals surface area contributed by atoms with Crippen molar-refractivity contribution in [2.45, 2.75) is 13.0 Å². The van der Waals surface area contributed by atoms with Gasteiger partial charge in [-0.05, 0) is 25.1 Å². The molecule has 0 radical (unpaired) electrons. The van der Waals surface area contributed by atoms with Gasteiger partial charge < -0.3 is 18.6 Å². The quantitative estimate of drug-likeness (QED) is 0.466. The van der Waals surface area contributed by atoms with E-state index in [1.165, 1.54) is 11.2 Å². The highest BCUT2D eigenvalue weighted by molar-refractivity contribution is 6.05. The minimum absolute atomic E-state index is 0.184. The van der Waals surface area contributed by atoms with Crippen LogP contribution >= 0.6 is 0 Å². The van der Waals surface area contributed by atoms with E-state index in [1.54, 1.807) is 63.5 Å². The first-order chi connectivity index (χ1) is 14.5. The maximum Gasteiger partial charge on any atom is 0.340 e. The van der Waals surface area contributed by atoms with Gasteiger partial charge in [-0.25, -0.2) is 9.78 Å². The molecule has 0 fully saturated rings. The molecular weight excluding hydrogens is 386 g/mol. The van der Waals surface area contributed by atoms with Gasteiger partial charge >= 0.3 is 5.97 Å². The average Bonchev–Trinajstić information content (AvgIpc) is 3.41. The second-order valence-corrected chi connectivity index (χ2v) is 6.91. The van der Waals surface area contributed by atoms with E-state index < -0.39 is 12.1 Å². The summed E-state index contributed by atoms with van der Waals surface area (Å²) in [5, 5.41) is 4.34. The summed E-state index contributed by atoms with van der Waals surface area (Å²) in [4.78, 5) is 31.7. The number of ether oxygens (including phenoxy) is 1. The second kappa shape index (κ2) is 7.82. The van der Waals surface area contributed by atoms with Gasteiger partial charge in [0.25, 0.3) is 11.6 Å². The van der Waals surface area contributed by atoms with Crippen LogP contribution in [0.5, 0.6) is 0 Å². The molecule has 3 aromatic heterocycles. The zero-order chi connectivity index (χ0) is 21.3. The number of benzene rings is 1. The number of hydrogen-bond donors (Lipinski definition) is 0. The summed E-state index contributed by atoms with van der Waals surface area (Å²) >= 11 is 0. The smallest absolute Gasteiger partial charge is 0.340 e. The zero-order valence-electron chi connectivity index (χ0n) is 16.7. The van der Waals surface area contributed by atoms with Crippen molar-refractivity contribution >= 4 is 23.0 Å². The summed E-state index contributed by atoms with van der Waals surface area (Å²) in [6, 6.07) is 13.8. The fourth-order valence-corrected chi connectivity index (χ4v) is 3.10. The van der Waals surface area contributed by atoms with Crippen LogP contribution < -0.4 is 0 Å². The van der Waals surface area contributed by atoms with E-state index >= 15 is 0 Å². The van der Waals surface area contributed by atoms with E-state index in [0.29, 0.717) is 28.1 Å². The molecule has 0 saturated heterocycles. The molecule has 0 saturated carbocycles. The Morgan fingerprint density at radius 2 is 1.87 bits per heavy atom. The minimum Gasteiger partial charge on any atom is -0.463 e. The fourth-order valence-electron chi connectivity index (χ4n) is 3.10. The van der Waals surface area contributed by atoms with Crippen molar-refractivity contribution < 1.29 is 23.3 Å². The lowest BCUT2D eigenvalue weighted by Gasteiger charge is -2.21. The minimum atomic E-state index is -1.09. The van der Waals surface area contributed by atoms with Crippen LogP contribution in [-0.4, -0.2) is 41.0 Å². The SMILES string of the molecule is Cc1noc2nc(-c3ccco3)cc(C(=O)O[C@H](C(=O)N(C)C)c3ccccc3)c12. The Morgan fingerprint density at radius 3 is 2.53 bits per heavy atom. The summed E-state index contributed by atoms with van der Waals surface area (Å²) in [5.41, 5.74) is 1.83. The number of carbonyl (C=O) groups is 2. The molecule has 4 aromatic rings. The number of aromatic nitrogens is 2.